The third-order valence-corrected chi connectivity index (χ3v) is 3.10. The number of nitrogens with one attached hydrogen (secondary N) is 2. The maximum atomic E-state index is 12.1. The van der Waals surface area contributed by atoms with Gasteiger partial charge in [0.05, 0.1) is 29.9 Å². The van der Waals surface area contributed by atoms with Gasteiger partial charge in [0.15, 0.2) is 11.6 Å². The summed E-state index contributed by atoms with van der Waals surface area (Å²) in [5.41, 5.74) is -4.18. The van der Waals surface area contributed by atoms with E-state index in [1.54, 1.807) is 6.92 Å². The number of hydrogen-bond acceptors (Lipinski definition) is 6. The summed E-state index contributed by atoms with van der Waals surface area (Å²) in [6.07, 6.45) is 3.08. The van der Waals surface area contributed by atoms with Crippen molar-refractivity contribution in [1.29, 1.82) is 0 Å². The van der Waals surface area contributed by atoms with E-state index >= 15 is 0 Å². The van der Waals surface area contributed by atoms with Crippen LogP contribution in [0.4, 0.5) is 18.9 Å². The van der Waals surface area contributed by atoms with Gasteiger partial charge >= 0.3 is 5.51 Å². The molecule has 0 aromatic carbocycles. The summed E-state index contributed by atoms with van der Waals surface area (Å²) in [6, 6.07) is 2.54. The second kappa shape index (κ2) is 6.64. The molecule has 0 saturated carbocycles. The van der Waals surface area contributed by atoms with Gasteiger partial charge in [0.1, 0.15) is 6.33 Å². The average molecular weight is 332 g/mol. The Kier molecular flexibility index (Phi) is 4.85. The van der Waals surface area contributed by atoms with Crippen molar-refractivity contribution in [2.75, 3.05) is 4.72 Å². The van der Waals surface area contributed by atoms with Crippen molar-refractivity contribution < 1.29 is 18.0 Å². The Labute approximate surface area is 127 Å². The number of aromatic nitrogens is 4. The largest absolute Gasteiger partial charge is 0.461 e. The molecule has 7 nitrogen and oxygen atoms in total. The fraction of sp³-hybridized carbons (Fsp3) is 0.273. The van der Waals surface area contributed by atoms with Crippen LogP contribution < -0.4 is 10.0 Å². The lowest BCUT2D eigenvalue weighted by Gasteiger charge is -2.12. The zero-order valence-electron chi connectivity index (χ0n) is 11.2. The van der Waals surface area contributed by atoms with Crippen molar-refractivity contribution in [3.05, 3.63) is 30.5 Å². The summed E-state index contributed by atoms with van der Waals surface area (Å²) in [6.45, 7) is 1.71. The van der Waals surface area contributed by atoms with Gasteiger partial charge in [0.2, 0.25) is 6.41 Å². The molecule has 0 fully saturated rings. The molecule has 22 heavy (non-hydrogen) atoms. The Morgan fingerprint density at radius 1 is 1.36 bits per heavy atom. The molecule has 0 bridgehead atoms. The molecule has 1 amide bonds. The van der Waals surface area contributed by atoms with Gasteiger partial charge in [-0.25, -0.2) is 9.97 Å². The van der Waals surface area contributed by atoms with Crippen molar-refractivity contribution >= 4 is 24.0 Å². The number of hydrogen-bond donors (Lipinski definition) is 2. The van der Waals surface area contributed by atoms with E-state index < -0.39 is 5.51 Å². The van der Waals surface area contributed by atoms with Crippen molar-refractivity contribution in [3.63, 3.8) is 0 Å². The molecule has 2 aromatic rings. The molecular formula is C11H11F3N6OS. The molecule has 0 aliphatic carbocycles. The highest BCUT2D eigenvalue weighted by atomic mass is 32.2. The lowest BCUT2D eigenvalue weighted by atomic mass is 10.3. The van der Waals surface area contributed by atoms with E-state index in [2.05, 4.69) is 25.1 Å². The van der Waals surface area contributed by atoms with E-state index in [4.69, 9.17) is 0 Å². The van der Waals surface area contributed by atoms with Crippen LogP contribution in [0.15, 0.2) is 24.7 Å². The molecule has 0 aliphatic rings. The highest BCUT2D eigenvalue weighted by molar-refractivity contribution is 8.01. The lowest BCUT2D eigenvalue weighted by molar-refractivity contribution is -0.110. The molecule has 118 valence electrons. The molecule has 11 heteroatoms. The van der Waals surface area contributed by atoms with Gasteiger partial charge in [-0.3, -0.25) is 4.79 Å². The third-order valence-electron chi connectivity index (χ3n) is 2.53. The minimum Gasteiger partial charge on any atom is -0.349 e. The Bertz CT molecular complexity index is 630. The van der Waals surface area contributed by atoms with Crippen LogP contribution in [0.5, 0.6) is 0 Å². The molecule has 1 atom stereocenters. The van der Waals surface area contributed by atoms with Gasteiger partial charge in [-0.05, 0) is 19.1 Å². The Morgan fingerprint density at radius 3 is 2.73 bits per heavy atom. The van der Waals surface area contributed by atoms with E-state index in [0.29, 0.717) is 18.1 Å². The minimum absolute atomic E-state index is 0.201. The SMILES string of the molecule is CC(NC=O)c1ncnn1-c1ccc(NSC(F)(F)F)cn1. The first-order valence-electron chi connectivity index (χ1n) is 5.97. The monoisotopic (exact) mass is 332 g/mol. The number of halogens is 3. The number of carbonyl (C=O) groups is 1. The first kappa shape index (κ1) is 16.1. The molecular weight excluding hydrogens is 321 g/mol. The molecule has 2 rings (SSSR count). The van der Waals surface area contributed by atoms with E-state index in [1.165, 1.54) is 29.3 Å². The quantitative estimate of drug-likeness (QED) is 0.622. The first-order chi connectivity index (χ1) is 10.4. The smallest absolute Gasteiger partial charge is 0.349 e. The zero-order valence-corrected chi connectivity index (χ0v) is 12.0. The summed E-state index contributed by atoms with van der Waals surface area (Å²) >= 11 is -0.369. The van der Waals surface area contributed by atoms with E-state index in [-0.39, 0.29) is 23.7 Å². The average Bonchev–Trinajstić information content (AvgIpc) is 2.94. The molecule has 2 N–H and O–H groups in total. The van der Waals surface area contributed by atoms with Crippen molar-refractivity contribution in [3.8, 4) is 5.82 Å². The van der Waals surface area contributed by atoms with E-state index in [0.717, 1.165) is 0 Å². The van der Waals surface area contributed by atoms with Crippen LogP contribution in [0.3, 0.4) is 0 Å². The van der Waals surface area contributed by atoms with Crippen LogP contribution in [-0.2, 0) is 4.79 Å². The van der Waals surface area contributed by atoms with E-state index in [9.17, 15) is 18.0 Å². The van der Waals surface area contributed by atoms with Gasteiger partial charge in [-0.2, -0.15) is 23.0 Å². The predicted octanol–water partition coefficient (Wildman–Crippen LogP) is 2.05. The maximum Gasteiger partial charge on any atom is 0.461 e. The Hall–Kier alpha value is -2.30. The predicted molar refractivity (Wildman–Crippen MR) is 74.0 cm³/mol. The molecule has 0 saturated heterocycles. The summed E-state index contributed by atoms with van der Waals surface area (Å²) in [4.78, 5) is 18.5. The number of alkyl halides is 3. The van der Waals surface area contributed by atoms with Crippen LogP contribution in [0.1, 0.15) is 18.8 Å². The van der Waals surface area contributed by atoms with Crippen molar-refractivity contribution in [1.82, 2.24) is 25.1 Å². The fourth-order valence-electron chi connectivity index (χ4n) is 1.59. The summed E-state index contributed by atoms with van der Waals surface area (Å²) in [7, 11) is 0. The van der Waals surface area contributed by atoms with Crippen LogP contribution in [0, 0.1) is 0 Å². The Morgan fingerprint density at radius 2 is 2.14 bits per heavy atom. The second-order valence-corrected chi connectivity index (χ2v) is 4.96. The first-order valence-corrected chi connectivity index (χ1v) is 6.79. The maximum absolute atomic E-state index is 12.1. The lowest BCUT2D eigenvalue weighted by Crippen LogP contribution is -2.20. The molecule has 0 radical (unpaired) electrons. The molecule has 0 aliphatic heterocycles. The molecule has 2 aromatic heterocycles. The summed E-state index contributed by atoms with van der Waals surface area (Å²) in [5, 5.41) is 6.52. The summed E-state index contributed by atoms with van der Waals surface area (Å²) in [5.74, 6) is 0.819. The number of pyridine rings is 1. The zero-order chi connectivity index (χ0) is 16.2. The summed E-state index contributed by atoms with van der Waals surface area (Å²) < 4.78 is 39.8. The number of nitrogens with zero attached hydrogens (tertiary/aromatic N) is 4. The highest BCUT2D eigenvalue weighted by Gasteiger charge is 2.28. The van der Waals surface area contributed by atoms with Gasteiger partial charge in [-0.15, -0.1) is 0 Å². The van der Waals surface area contributed by atoms with Crippen LogP contribution in [-0.4, -0.2) is 31.7 Å². The number of rotatable bonds is 6. The number of anilines is 1. The van der Waals surface area contributed by atoms with Crippen molar-refractivity contribution in [2.45, 2.75) is 18.5 Å². The Balaban J connectivity index is 2.14. The standard InChI is InChI=1S/C11H11F3N6OS/c1-7(17-6-21)10-16-5-18-20(10)9-3-2-8(4-15-9)19-22-11(12,13)14/h2-7,19H,1H3,(H,17,21). The van der Waals surface area contributed by atoms with Gasteiger partial charge < -0.3 is 10.0 Å². The van der Waals surface area contributed by atoms with Crippen molar-refractivity contribution in [2.24, 2.45) is 0 Å². The van der Waals surface area contributed by atoms with Crippen LogP contribution in [0.25, 0.3) is 5.82 Å². The fourth-order valence-corrected chi connectivity index (χ4v) is 1.94. The number of amides is 1. The van der Waals surface area contributed by atoms with E-state index in [1.807, 2.05) is 0 Å². The molecule has 0 spiro atoms. The van der Waals surface area contributed by atoms with Gasteiger partial charge in [0.25, 0.3) is 0 Å². The number of carbonyl (C=O) groups excluding carboxylic acids is 1. The van der Waals surface area contributed by atoms with Crippen LogP contribution in [0.2, 0.25) is 0 Å². The third kappa shape index (κ3) is 4.10. The normalized spacial score (nSPS) is 12.7. The highest BCUT2D eigenvalue weighted by Crippen LogP contribution is 2.30. The molecule has 1 unspecified atom stereocenters. The van der Waals surface area contributed by atoms with Gasteiger partial charge in [-0.1, -0.05) is 0 Å². The second-order valence-electron chi connectivity index (χ2n) is 4.09. The van der Waals surface area contributed by atoms with Crippen LogP contribution >= 0.6 is 11.9 Å². The van der Waals surface area contributed by atoms with Gasteiger partial charge in [0, 0.05) is 0 Å². The minimum atomic E-state index is -4.38. The molecule has 2 heterocycles. The topological polar surface area (TPSA) is 84.7 Å².